The Morgan fingerprint density at radius 2 is 1.91 bits per heavy atom. The zero-order valence-corrected chi connectivity index (χ0v) is 14.6. The molecule has 1 fully saturated rings. The van der Waals surface area contributed by atoms with E-state index < -0.39 is 0 Å². The molecule has 0 heterocycles. The van der Waals surface area contributed by atoms with Gasteiger partial charge in [-0.3, -0.25) is 4.79 Å². The summed E-state index contributed by atoms with van der Waals surface area (Å²) in [6, 6.07) is 5.77. The summed E-state index contributed by atoms with van der Waals surface area (Å²) in [6.07, 6.45) is 8.16. The number of hydrogen-bond donors (Lipinski definition) is 1. The highest BCUT2D eigenvalue weighted by atomic mass is 79.9. The summed E-state index contributed by atoms with van der Waals surface area (Å²) < 4.78 is 6.36. The van der Waals surface area contributed by atoms with Gasteiger partial charge in [0.2, 0.25) is 0 Å². The van der Waals surface area contributed by atoms with Gasteiger partial charge in [-0.2, -0.15) is 5.10 Å². The first kappa shape index (κ1) is 17.0. The minimum absolute atomic E-state index is 0.0293. The fourth-order valence-electron chi connectivity index (χ4n) is 2.47. The molecule has 0 unspecified atom stereocenters. The van der Waals surface area contributed by atoms with Crippen molar-refractivity contribution in [3.63, 3.8) is 0 Å². The predicted octanol–water partition coefficient (Wildman–Crippen LogP) is 4.35. The van der Waals surface area contributed by atoms with E-state index in [4.69, 9.17) is 4.74 Å². The lowest BCUT2D eigenvalue weighted by Crippen LogP contribution is -2.26. The van der Waals surface area contributed by atoms with Gasteiger partial charge in [0.1, 0.15) is 5.75 Å². The van der Waals surface area contributed by atoms with E-state index in [9.17, 15) is 4.79 Å². The Bertz CT molecular complexity index is 533. The second-order valence-electron chi connectivity index (χ2n) is 5.70. The van der Waals surface area contributed by atoms with E-state index >= 15 is 0 Å². The number of hydrogen-bond acceptors (Lipinski definition) is 3. The van der Waals surface area contributed by atoms with E-state index in [1.54, 1.807) is 0 Å². The second kappa shape index (κ2) is 8.93. The van der Waals surface area contributed by atoms with Crippen molar-refractivity contribution in [1.29, 1.82) is 0 Å². The van der Waals surface area contributed by atoms with Crippen molar-refractivity contribution in [3.8, 4) is 5.75 Å². The van der Waals surface area contributed by atoms with Gasteiger partial charge in [-0.05, 0) is 66.2 Å². The molecule has 4 nitrogen and oxygen atoms in total. The average Bonchev–Trinajstić information content (AvgIpc) is 2.45. The number of rotatable bonds is 4. The normalized spacial score (nSPS) is 15.6. The largest absolute Gasteiger partial charge is 0.483 e. The highest BCUT2D eigenvalue weighted by molar-refractivity contribution is 9.10. The predicted molar refractivity (Wildman–Crippen MR) is 92.3 cm³/mol. The lowest BCUT2D eigenvalue weighted by Gasteiger charge is -2.11. The molecule has 22 heavy (non-hydrogen) atoms. The van der Waals surface area contributed by atoms with Gasteiger partial charge in [-0.15, -0.1) is 0 Å². The molecule has 1 saturated carbocycles. The van der Waals surface area contributed by atoms with E-state index in [0.717, 1.165) is 28.6 Å². The number of amides is 1. The molecule has 1 aromatic rings. The lowest BCUT2D eigenvalue weighted by atomic mass is 9.99. The maximum absolute atomic E-state index is 11.8. The summed E-state index contributed by atoms with van der Waals surface area (Å²) in [5, 5.41) is 4.26. The smallest absolute Gasteiger partial charge is 0.277 e. The van der Waals surface area contributed by atoms with Crippen LogP contribution >= 0.6 is 15.9 Å². The van der Waals surface area contributed by atoms with Crippen LogP contribution in [0.25, 0.3) is 0 Å². The van der Waals surface area contributed by atoms with Crippen molar-refractivity contribution in [2.24, 2.45) is 5.10 Å². The van der Waals surface area contributed by atoms with Crippen molar-refractivity contribution in [2.45, 2.75) is 51.9 Å². The van der Waals surface area contributed by atoms with Gasteiger partial charge in [0, 0.05) is 5.71 Å². The summed E-state index contributed by atoms with van der Waals surface area (Å²) in [6.45, 7) is 1.98. The van der Waals surface area contributed by atoms with E-state index in [2.05, 4.69) is 26.5 Å². The summed E-state index contributed by atoms with van der Waals surface area (Å²) in [4.78, 5) is 11.8. The van der Waals surface area contributed by atoms with E-state index in [1.807, 2.05) is 25.1 Å². The Balaban J connectivity index is 1.79. The summed E-state index contributed by atoms with van der Waals surface area (Å²) in [7, 11) is 0. The van der Waals surface area contributed by atoms with E-state index in [1.165, 1.54) is 32.1 Å². The van der Waals surface area contributed by atoms with Crippen molar-refractivity contribution in [1.82, 2.24) is 5.43 Å². The number of hydrazone groups is 1. The molecule has 0 spiro atoms. The molecule has 1 N–H and O–H groups in total. The molecular formula is C17H23BrN2O2. The van der Waals surface area contributed by atoms with Gasteiger partial charge in [-0.25, -0.2) is 5.43 Å². The molecule has 1 aliphatic rings. The monoisotopic (exact) mass is 366 g/mol. The zero-order chi connectivity index (χ0) is 15.8. The standard InChI is InChI=1S/C17H23BrN2O2/c1-13-9-10-16(15(18)11-13)22-12-17(21)20-19-14-7-5-3-2-4-6-8-14/h9-11H,2-8,12H2,1H3,(H,20,21). The zero-order valence-electron chi connectivity index (χ0n) is 13.0. The summed E-state index contributed by atoms with van der Waals surface area (Å²) >= 11 is 3.43. The Morgan fingerprint density at radius 3 is 2.59 bits per heavy atom. The Labute approximate surface area is 140 Å². The molecule has 1 aromatic carbocycles. The molecule has 0 saturated heterocycles. The molecule has 0 aromatic heterocycles. The topological polar surface area (TPSA) is 50.7 Å². The number of benzene rings is 1. The summed E-state index contributed by atoms with van der Waals surface area (Å²) in [5.74, 6) is 0.446. The minimum Gasteiger partial charge on any atom is -0.483 e. The highest BCUT2D eigenvalue weighted by Crippen LogP contribution is 2.25. The Morgan fingerprint density at radius 1 is 1.23 bits per heavy atom. The number of ether oxygens (including phenoxy) is 1. The minimum atomic E-state index is -0.220. The maximum atomic E-state index is 11.8. The summed E-state index contributed by atoms with van der Waals surface area (Å²) in [5.41, 5.74) is 4.85. The van der Waals surface area contributed by atoms with Crippen LogP contribution in [-0.2, 0) is 4.79 Å². The Kier molecular flexibility index (Phi) is 6.90. The van der Waals surface area contributed by atoms with Gasteiger partial charge in [0.25, 0.3) is 5.91 Å². The van der Waals surface area contributed by atoms with Crippen LogP contribution in [0.3, 0.4) is 0 Å². The molecule has 0 radical (unpaired) electrons. The van der Waals surface area contributed by atoms with E-state index in [0.29, 0.717) is 5.75 Å². The molecule has 1 aliphatic carbocycles. The first-order chi connectivity index (χ1) is 10.6. The molecule has 0 atom stereocenters. The third kappa shape index (κ3) is 5.79. The van der Waals surface area contributed by atoms with E-state index in [-0.39, 0.29) is 12.5 Å². The molecule has 5 heteroatoms. The van der Waals surface area contributed by atoms with Gasteiger partial charge >= 0.3 is 0 Å². The molecule has 120 valence electrons. The molecule has 0 aliphatic heterocycles. The van der Waals surface area contributed by atoms with Gasteiger partial charge in [0.05, 0.1) is 4.47 Å². The van der Waals surface area contributed by atoms with Crippen LogP contribution < -0.4 is 10.2 Å². The maximum Gasteiger partial charge on any atom is 0.277 e. The van der Waals surface area contributed by atoms with Crippen LogP contribution in [0.5, 0.6) is 5.75 Å². The number of carbonyl (C=O) groups excluding carboxylic acids is 1. The van der Waals surface area contributed by atoms with Crippen molar-refractivity contribution < 1.29 is 9.53 Å². The van der Waals surface area contributed by atoms with Crippen LogP contribution in [0, 0.1) is 6.92 Å². The SMILES string of the molecule is Cc1ccc(OCC(=O)NN=C2CCCCCCC2)c(Br)c1. The fraction of sp³-hybridized carbons (Fsp3) is 0.529. The molecule has 0 bridgehead atoms. The van der Waals surface area contributed by atoms with Crippen LogP contribution in [0.15, 0.2) is 27.8 Å². The van der Waals surface area contributed by atoms with Crippen molar-refractivity contribution in [2.75, 3.05) is 6.61 Å². The number of halogens is 1. The average molecular weight is 367 g/mol. The van der Waals surface area contributed by atoms with Crippen LogP contribution in [0.1, 0.15) is 50.5 Å². The first-order valence-corrected chi connectivity index (χ1v) is 8.67. The van der Waals surface area contributed by atoms with Crippen LogP contribution in [0.4, 0.5) is 0 Å². The lowest BCUT2D eigenvalue weighted by molar-refractivity contribution is -0.123. The van der Waals surface area contributed by atoms with Gasteiger partial charge < -0.3 is 4.74 Å². The Hall–Kier alpha value is -1.36. The highest BCUT2D eigenvalue weighted by Gasteiger charge is 2.08. The van der Waals surface area contributed by atoms with Crippen LogP contribution in [0.2, 0.25) is 0 Å². The number of aryl methyl sites for hydroxylation is 1. The number of carbonyl (C=O) groups is 1. The molecule has 2 rings (SSSR count). The first-order valence-electron chi connectivity index (χ1n) is 7.88. The third-order valence-corrected chi connectivity index (χ3v) is 4.34. The fourth-order valence-corrected chi connectivity index (χ4v) is 3.07. The van der Waals surface area contributed by atoms with Crippen molar-refractivity contribution in [3.05, 3.63) is 28.2 Å². The van der Waals surface area contributed by atoms with Crippen molar-refractivity contribution >= 4 is 27.5 Å². The van der Waals surface area contributed by atoms with Crippen LogP contribution in [-0.4, -0.2) is 18.2 Å². The third-order valence-electron chi connectivity index (χ3n) is 3.72. The quantitative estimate of drug-likeness (QED) is 0.805. The van der Waals surface area contributed by atoms with Gasteiger partial charge in [-0.1, -0.05) is 25.3 Å². The second-order valence-corrected chi connectivity index (χ2v) is 6.56. The number of nitrogens with zero attached hydrogens (tertiary/aromatic N) is 1. The molecule has 1 amide bonds. The molecular weight excluding hydrogens is 344 g/mol. The number of nitrogens with one attached hydrogen (secondary N) is 1. The van der Waals surface area contributed by atoms with Gasteiger partial charge in [0.15, 0.2) is 6.61 Å².